The highest BCUT2D eigenvalue weighted by atomic mass is 16.4. The predicted molar refractivity (Wildman–Crippen MR) is 89.4 cm³/mol. The van der Waals surface area contributed by atoms with Gasteiger partial charge in [-0.1, -0.05) is 48.0 Å². The smallest absolute Gasteiger partial charge is 0.335 e. The third kappa shape index (κ3) is 5.01. The lowest BCUT2D eigenvalue weighted by Crippen LogP contribution is -2.26. The molecule has 3 nitrogen and oxygen atoms in total. The summed E-state index contributed by atoms with van der Waals surface area (Å²) in [7, 11) is 0. The van der Waals surface area contributed by atoms with Crippen LogP contribution in [0.2, 0.25) is 0 Å². The average molecular weight is 297 g/mol. The molecule has 2 aromatic carbocycles. The van der Waals surface area contributed by atoms with Crippen LogP contribution < -0.4 is 5.32 Å². The van der Waals surface area contributed by atoms with Crippen molar-refractivity contribution in [2.45, 2.75) is 25.7 Å². The number of benzene rings is 2. The van der Waals surface area contributed by atoms with Gasteiger partial charge in [0.25, 0.3) is 0 Å². The number of aryl methyl sites for hydroxylation is 1. The summed E-state index contributed by atoms with van der Waals surface area (Å²) in [6.07, 6.45) is 2.59. The standard InChI is InChI=1S/C11H15N.C8H8O2/c1-2-4-10(5-3-1)11-6-8-12-9-7-11;1-6-3-2-4-7(5-6)8(9)10/h1-5,11-12H,6-9H2;2-5H,1H3,(H,9,10). The molecule has 0 unspecified atom stereocenters. The molecule has 1 aliphatic rings. The minimum atomic E-state index is -0.872. The Morgan fingerprint density at radius 1 is 1.05 bits per heavy atom. The van der Waals surface area contributed by atoms with E-state index in [0.717, 1.165) is 11.5 Å². The van der Waals surface area contributed by atoms with Gasteiger partial charge in [-0.05, 0) is 56.5 Å². The summed E-state index contributed by atoms with van der Waals surface area (Å²) in [5.74, 6) is -0.0730. The minimum Gasteiger partial charge on any atom is -0.478 e. The van der Waals surface area contributed by atoms with E-state index in [-0.39, 0.29) is 0 Å². The first kappa shape index (κ1) is 16.2. The molecule has 0 amide bonds. The van der Waals surface area contributed by atoms with Gasteiger partial charge >= 0.3 is 5.97 Å². The third-order valence-electron chi connectivity index (χ3n) is 3.88. The maximum atomic E-state index is 10.4. The molecule has 0 aromatic heterocycles. The van der Waals surface area contributed by atoms with Crippen LogP contribution in [0.5, 0.6) is 0 Å². The van der Waals surface area contributed by atoms with E-state index in [0.29, 0.717) is 5.56 Å². The van der Waals surface area contributed by atoms with Gasteiger partial charge in [0.1, 0.15) is 0 Å². The molecule has 0 spiro atoms. The van der Waals surface area contributed by atoms with E-state index in [4.69, 9.17) is 5.11 Å². The Balaban J connectivity index is 0.000000164. The summed E-state index contributed by atoms with van der Waals surface area (Å²) >= 11 is 0. The molecule has 116 valence electrons. The zero-order valence-electron chi connectivity index (χ0n) is 13.0. The van der Waals surface area contributed by atoms with Crippen LogP contribution in [-0.4, -0.2) is 24.2 Å². The molecular weight excluding hydrogens is 274 g/mol. The molecule has 3 heteroatoms. The van der Waals surface area contributed by atoms with E-state index >= 15 is 0 Å². The number of rotatable bonds is 2. The van der Waals surface area contributed by atoms with E-state index < -0.39 is 5.97 Å². The van der Waals surface area contributed by atoms with Gasteiger partial charge in [-0.15, -0.1) is 0 Å². The second-order valence-corrected chi connectivity index (χ2v) is 5.61. The fraction of sp³-hybridized carbons (Fsp3) is 0.316. The van der Waals surface area contributed by atoms with Crippen molar-refractivity contribution in [1.82, 2.24) is 5.32 Å². The molecule has 3 rings (SSSR count). The lowest BCUT2D eigenvalue weighted by molar-refractivity contribution is 0.0697. The normalized spacial score (nSPS) is 14.8. The van der Waals surface area contributed by atoms with E-state index in [2.05, 4.69) is 35.6 Å². The van der Waals surface area contributed by atoms with Crippen molar-refractivity contribution in [3.8, 4) is 0 Å². The molecule has 0 radical (unpaired) electrons. The van der Waals surface area contributed by atoms with Crippen LogP contribution in [0.4, 0.5) is 0 Å². The lowest BCUT2D eigenvalue weighted by Gasteiger charge is -2.22. The lowest BCUT2D eigenvalue weighted by atomic mass is 9.90. The van der Waals surface area contributed by atoms with Crippen LogP contribution in [0.3, 0.4) is 0 Å². The van der Waals surface area contributed by atoms with Gasteiger partial charge in [0.15, 0.2) is 0 Å². The number of hydrogen-bond donors (Lipinski definition) is 2. The van der Waals surface area contributed by atoms with Crippen molar-refractivity contribution in [2.75, 3.05) is 13.1 Å². The number of hydrogen-bond acceptors (Lipinski definition) is 2. The van der Waals surface area contributed by atoms with Crippen molar-refractivity contribution in [1.29, 1.82) is 0 Å². The molecule has 1 aliphatic heterocycles. The van der Waals surface area contributed by atoms with Crippen LogP contribution in [-0.2, 0) is 0 Å². The van der Waals surface area contributed by atoms with E-state index in [1.165, 1.54) is 31.5 Å². The summed E-state index contributed by atoms with van der Waals surface area (Å²) < 4.78 is 0. The molecule has 2 aromatic rings. The fourth-order valence-corrected chi connectivity index (χ4v) is 2.66. The van der Waals surface area contributed by atoms with Crippen molar-refractivity contribution in [2.24, 2.45) is 0 Å². The number of carboxylic acids is 1. The van der Waals surface area contributed by atoms with Gasteiger partial charge in [0.2, 0.25) is 0 Å². The van der Waals surface area contributed by atoms with Crippen molar-refractivity contribution >= 4 is 5.97 Å². The van der Waals surface area contributed by atoms with Crippen LogP contribution in [0, 0.1) is 6.92 Å². The van der Waals surface area contributed by atoms with Gasteiger partial charge in [-0.3, -0.25) is 0 Å². The Kier molecular flexibility index (Phi) is 6.16. The van der Waals surface area contributed by atoms with Crippen LogP contribution in [0.15, 0.2) is 54.6 Å². The van der Waals surface area contributed by atoms with E-state index in [1.54, 1.807) is 18.2 Å². The van der Waals surface area contributed by atoms with Gasteiger partial charge < -0.3 is 10.4 Å². The average Bonchev–Trinajstić information content (AvgIpc) is 2.57. The van der Waals surface area contributed by atoms with Crippen LogP contribution in [0.25, 0.3) is 0 Å². The number of aromatic carboxylic acids is 1. The molecule has 1 heterocycles. The summed E-state index contributed by atoms with van der Waals surface area (Å²) in [6.45, 7) is 4.23. The van der Waals surface area contributed by atoms with E-state index in [1.807, 2.05) is 13.0 Å². The summed E-state index contributed by atoms with van der Waals surface area (Å²) in [5.41, 5.74) is 2.83. The molecular formula is C19H23NO2. The highest BCUT2D eigenvalue weighted by Gasteiger charge is 2.13. The molecule has 0 atom stereocenters. The monoisotopic (exact) mass is 297 g/mol. The zero-order chi connectivity index (χ0) is 15.8. The molecule has 2 N–H and O–H groups in total. The molecule has 0 bridgehead atoms. The summed E-state index contributed by atoms with van der Waals surface area (Å²) in [4.78, 5) is 10.4. The minimum absolute atomic E-state index is 0.347. The Morgan fingerprint density at radius 2 is 1.73 bits per heavy atom. The van der Waals surface area contributed by atoms with Crippen LogP contribution >= 0.6 is 0 Å². The molecule has 1 saturated heterocycles. The highest BCUT2D eigenvalue weighted by molar-refractivity contribution is 5.87. The quantitative estimate of drug-likeness (QED) is 0.885. The Bertz CT molecular complexity index is 589. The number of nitrogens with one attached hydrogen (secondary N) is 1. The first-order valence-corrected chi connectivity index (χ1v) is 7.72. The van der Waals surface area contributed by atoms with E-state index in [9.17, 15) is 4.79 Å². The largest absolute Gasteiger partial charge is 0.478 e. The summed E-state index contributed by atoms with van der Waals surface area (Å²) in [5, 5.41) is 11.9. The van der Waals surface area contributed by atoms with Gasteiger partial charge in [0, 0.05) is 0 Å². The maximum absolute atomic E-state index is 10.4. The fourth-order valence-electron chi connectivity index (χ4n) is 2.66. The SMILES string of the molecule is Cc1cccc(C(=O)O)c1.c1ccc(C2CCNCC2)cc1. The number of carbonyl (C=O) groups is 1. The third-order valence-corrected chi connectivity index (χ3v) is 3.88. The maximum Gasteiger partial charge on any atom is 0.335 e. The van der Waals surface area contributed by atoms with Crippen LogP contribution in [0.1, 0.15) is 40.2 Å². The topological polar surface area (TPSA) is 49.3 Å². The van der Waals surface area contributed by atoms with Crippen molar-refractivity contribution < 1.29 is 9.90 Å². The number of carboxylic acid groups (broad SMARTS) is 1. The van der Waals surface area contributed by atoms with Crippen molar-refractivity contribution in [3.05, 3.63) is 71.3 Å². The second kappa shape index (κ2) is 8.35. The highest BCUT2D eigenvalue weighted by Crippen LogP contribution is 2.24. The summed E-state index contributed by atoms with van der Waals surface area (Å²) in [6, 6.07) is 17.7. The van der Waals surface area contributed by atoms with Crippen molar-refractivity contribution in [3.63, 3.8) is 0 Å². The Morgan fingerprint density at radius 3 is 2.27 bits per heavy atom. The zero-order valence-corrected chi connectivity index (χ0v) is 13.0. The predicted octanol–water partition coefficient (Wildman–Crippen LogP) is 3.85. The van der Waals surface area contributed by atoms with Gasteiger partial charge in [0.05, 0.1) is 5.56 Å². The second-order valence-electron chi connectivity index (χ2n) is 5.61. The molecule has 22 heavy (non-hydrogen) atoms. The molecule has 0 aliphatic carbocycles. The number of piperidine rings is 1. The van der Waals surface area contributed by atoms with Gasteiger partial charge in [-0.2, -0.15) is 0 Å². The first-order chi connectivity index (χ1) is 10.7. The first-order valence-electron chi connectivity index (χ1n) is 7.72. The molecule has 1 fully saturated rings. The Labute approximate surface area is 132 Å². The van der Waals surface area contributed by atoms with Gasteiger partial charge in [-0.25, -0.2) is 4.79 Å². The molecule has 0 saturated carbocycles. The Hall–Kier alpha value is -2.13.